The van der Waals surface area contributed by atoms with Crippen molar-refractivity contribution < 1.29 is 28.6 Å². The van der Waals surface area contributed by atoms with Crippen LogP contribution in [0.1, 0.15) is 10.6 Å². The highest BCUT2D eigenvalue weighted by molar-refractivity contribution is 9.10. The summed E-state index contributed by atoms with van der Waals surface area (Å²) in [6, 6.07) is 2.43. The lowest BCUT2D eigenvalue weighted by Gasteiger charge is -2.15. The third-order valence-electron chi connectivity index (χ3n) is 2.95. The second kappa shape index (κ2) is 6.72. The van der Waals surface area contributed by atoms with E-state index in [4.69, 9.17) is 14.3 Å². The van der Waals surface area contributed by atoms with Crippen molar-refractivity contribution >= 4 is 33.7 Å². The largest absolute Gasteiger partial charge is 0.481 e. The van der Waals surface area contributed by atoms with Gasteiger partial charge in [-0.05, 0) is 28.1 Å². The number of carboxylic acids is 1. The summed E-state index contributed by atoms with van der Waals surface area (Å²) in [7, 11) is 0. The predicted molar refractivity (Wildman–Crippen MR) is 72.6 cm³/mol. The van der Waals surface area contributed by atoms with Crippen LogP contribution in [0.5, 0.6) is 0 Å². The Balaban J connectivity index is 1.80. The quantitative estimate of drug-likeness (QED) is 0.679. The highest BCUT2D eigenvalue weighted by Crippen LogP contribution is 2.14. The molecule has 8 nitrogen and oxygen atoms in total. The Bertz CT molecular complexity index is 558. The van der Waals surface area contributed by atoms with Crippen LogP contribution in [0.25, 0.3) is 0 Å². The van der Waals surface area contributed by atoms with E-state index < -0.39 is 29.7 Å². The van der Waals surface area contributed by atoms with Gasteiger partial charge in [-0.3, -0.25) is 14.4 Å². The molecule has 1 aliphatic heterocycles. The van der Waals surface area contributed by atoms with Crippen molar-refractivity contribution in [2.45, 2.75) is 6.04 Å². The summed E-state index contributed by atoms with van der Waals surface area (Å²) in [5.41, 5.74) is 0. The van der Waals surface area contributed by atoms with Gasteiger partial charge in [0.2, 0.25) is 5.91 Å². The molecule has 2 heterocycles. The maximum atomic E-state index is 11.7. The molecule has 0 bridgehead atoms. The number of hydrogen-bond acceptors (Lipinski definition) is 5. The van der Waals surface area contributed by atoms with E-state index in [0.717, 1.165) is 0 Å². The van der Waals surface area contributed by atoms with Crippen LogP contribution in [-0.2, 0) is 14.3 Å². The van der Waals surface area contributed by atoms with Crippen molar-refractivity contribution in [2.24, 2.45) is 5.92 Å². The number of ether oxygens (including phenoxy) is 1. The zero-order valence-electron chi connectivity index (χ0n) is 10.8. The smallest absolute Gasteiger partial charge is 0.311 e. The molecule has 2 unspecified atom stereocenters. The van der Waals surface area contributed by atoms with Crippen molar-refractivity contribution in [3.05, 3.63) is 22.6 Å². The minimum atomic E-state index is -1.03. The fourth-order valence-electron chi connectivity index (χ4n) is 1.88. The maximum absolute atomic E-state index is 11.7. The molecule has 0 spiro atoms. The van der Waals surface area contributed by atoms with Gasteiger partial charge in [0.25, 0.3) is 5.91 Å². The van der Waals surface area contributed by atoms with E-state index in [1.54, 1.807) is 6.07 Å². The summed E-state index contributed by atoms with van der Waals surface area (Å²) in [6.07, 6.45) is 0. The van der Waals surface area contributed by atoms with Crippen LogP contribution in [-0.4, -0.2) is 48.7 Å². The molecule has 1 aromatic heterocycles. The minimum Gasteiger partial charge on any atom is -0.481 e. The lowest BCUT2D eigenvalue weighted by Crippen LogP contribution is -2.46. The summed E-state index contributed by atoms with van der Waals surface area (Å²) in [4.78, 5) is 34.3. The van der Waals surface area contributed by atoms with Crippen LogP contribution in [0, 0.1) is 5.92 Å². The molecular formula is C12H13BrN2O6. The second-order valence-electron chi connectivity index (χ2n) is 4.44. The van der Waals surface area contributed by atoms with Crippen molar-refractivity contribution in [1.82, 2.24) is 10.6 Å². The van der Waals surface area contributed by atoms with Gasteiger partial charge in [0.1, 0.15) is 5.92 Å². The lowest BCUT2D eigenvalue weighted by molar-refractivity contribution is -0.142. The predicted octanol–water partition coefficient (Wildman–Crippen LogP) is -0.0123. The molecule has 0 aliphatic carbocycles. The zero-order chi connectivity index (χ0) is 15.4. The first-order chi connectivity index (χ1) is 9.97. The molecule has 1 fully saturated rings. The molecular weight excluding hydrogens is 348 g/mol. The topological polar surface area (TPSA) is 118 Å². The number of nitrogens with one attached hydrogen (secondary N) is 2. The Hall–Kier alpha value is -1.87. The SMILES string of the molecule is O=C(CNC(=O)c1ccc(Br)o1)NC1COCC1C(=O)O. The molecule has 2 rings (SSSR count). The lowest BCUT2D eigenvalue weighted by atomic mass is 10.0. The summed E-state index contributed by atoms with van der Waals surface area (Å²) in [5.74, 6) is -2.75. The minimum absolute atomic E-state index is 0.0626. The first-order valence-electron chi connectivity index (χ1n) is 6.11. The molecule has 0 radical (unpaired) electrons. The Kier molecular flexibility index (Phi) is 4.97. The number of hydrogen-bond donors (Lipinski definition) is 3. The van der Waals surface area contributed by atoms with Crippen LogP contribution < -0.4 is 10.6 Å². The molecule has 2 amide bonds. The van der Waals surface area contributed by atoms with Gasteiger partial charge in [0, 0.05) is 0 Å². The van der Waals surface area contributed by atoms with Crippen LogP contribution in [0.2, 0.25) is 0 Å². The number of halogens is 1. The molecule has 114 valence electrons. The monoisotopic (exact) mass is 360 g/mol. The first-order valence-corrected chi connectivity index (χ1v) is 6.90. The van der Waals surface area contributed by atoms with Crippen LogP contribution in [0.4, 0.5) is 0 Å². The van der Waals surface area contributed by atoms with E-state index in [9.17, 15) is 14.4 Å². The highest BCUT2D eigenvalue weighted by Gasteiger charge is 2.34. The van der Waals surface area contributed by atoms with Gasteiger partial charge in [-0.2, -0.15) is 0 Å². The summed E-state index contributed by atoms with van der Waals surface area (Å²) < 4.78 is 10.5. The van der Waals surface area contributed by atoms with Gasteiger partial charge in [0.05, 0.1) is 25.8 Å². The van der Waals surface area contributed by atoms with E-state index in [-0.39, 0.29) is 25.5 Å². The standard InChI is InChI=1S/C12H13BrN2O6/c13-9-2-1-8(21-9)11(17)14-3-10(16)15-7-5-20-4-6(7)12(18)19/h1-2,6-7H,3-5H2,(H,14,17)(H,15,16)(H,18,19). The summed E-state index contributed by atoms with van der Waals surface area (Å²) in [6.45, 7) is -0.0746. The van der Waals surface area contributed by atoms with E-state index in [1.807, 2.05) is 0 Å². The van der Waals surface area contributed by atoms with Crippen molar-refractivity contribution in [2.75, 3.05) is 19.8 Å². The Labute approximate surface area is 127 Å². The third-order valence-corrected chi connectivity index (χ3v) is 3.38. The Morgan fingerprint density at radius 1 is 1.33 bits per heavy atom. The summed E-state index contributed by atoms with van der Waals surface area (Å²) in [5, 5.41) is 13.8. The number of carboxylic acid groups (broad SMARTS) is 1. The second-order valence-corrected chi connectivity index (χ2v) is 5.22. The molecule has 9 heteroatoms. The van der Waals surface area contributed by atoms with E-state index in [0.29, 0.717) is 4.67 Å². The van der Waals surface area contributed by atoms with E-state index in [2.05, 4.69) is 26.6 Å². The average molecular weight is 361 g/mol. The van der Waals surface area contributed by atoms with Crippen molar-refractivity contribution in [3.63, 3.8) is 0 Å². The molecule has 0 saturated carbocycles. The number of carbonyl (C=O) groups excluding carboxylic acids is 2. The first kappa shape index (κ1) is 15.5. The molecule has 1 aromatic rings. The number of rotatable bonds is 5. The molecule has 3 N–H and O–H groups in total. The molecule has 1 aliphatic rings. The Morgan fingerprint density at radius 3 is 2.71 bits per heavy atom. The van der Waals surface area contributed by atoms with Gasteiger partial charge in [-0.1, -0.05) is 0 Å². The third kappa shape index (κ3) is 4.05. The van der Waals surface area contributed by atoms with Crippen molar-refractivity contribution in [1.29, 1.82) is 0 Å². The van der Waals surface area contributed by atoms with E-state index >= 15 is 0 Å². The van der Waals surface area contributed by atoms with Crippen molar-refractivity contribution in [3.8, 4) is 0 Å². The van der Waals surface area contributed by atoms with Crippen LogP contribution in [0.15, 0.2) is 21.2 Å². The highest BCUT2D eigenvalue weighted by atomic mass is 79.9. The fourth-order valence-corrected chi connectivity index (χ4v) is 2.19. The van der Waals surface area contributed by atoms with Crippen LogP contribution in [0.3, 0.4) is 0 Å². The van der Waals surface area contributed by atoms with Gasteiger partial charge in [0.15, 0.2) is 10.4 Å². The molecule has 0 aromatic carbocycles. The zero-order valence-corrected chi connectivity index (χ0v) is 12.4. The van der Waals surface area contributed by atoms with Gasteiger partial charge in [-0.15, -0.1) is 0 Å². The van der Waals surface area contributed by atoms with Gasteiger partial charge >= 0.3 is 5.97 Å². The van der Waals surface area contributed by atoms with E-state index in [1.165, 1.54) is 6.07 Å². The van der Waals surface area contributed by atoms with Gasteiger partial charge < -0.3 is 24.9 Å². The fraction of sp³-hybridized carbons (Fsp3) is 0.417. The molecule has 2 atom stereocenters. The number of furan rings is 1. The Morgan fingerprint density at radius 2 is 2.10 bits per heavy atom. The van der Waals surface area contributed by atoms with Crippen LogP contribution >= 0.6 is 15.9 Å². The maximum Gasteiger partial charge on any atom is 0.311 e. The average Bonchev–Trinajstić information content (AvgIpc) is 3.05. The normalized spacial score (nSPS) is 21.0. The summed E-state index contributed by atoms with van der Waals surface area (Å²) >= 11 is 3.06. The molecule has 1 saturated heterocycles. The number of aliphatic carboxylic acids is 1. The van der Waals surface area contributed by atoms with Gasteiger partial charge in [-0.25, -0.2) is 0 Å². The number of carbonyl (C=O) groups is 3. The molecule has 21 heavy (non-hydrogen) atoms. The number of amides is 2.